The molecule has 0 aliphatic rings. The second-order valence-electron chi connectivity index (χ2n) is 6.83. The molecule has 1 amide bonds. The number of nitrogens with zero attached hydrogens (tertiary/aromatic N) is 3. The van der Waals surface area contributed by atoms with Crippen LogP contribution in [0.15, 0.2) is 77.6 Å². The Balaban J connectivity index is 1.26. The summed E-state index contributed by atoms with van der Waals surface area (Å²) in [5.74, 6) is 2.91. The fraction of sp³-hybridized carbons (Fsp3) is 0.167. The van der Waals surface area contributed by atoms with Crippen LogP contribution in [0.5, 0.6) is 17.2 Å². The molecule has 2 aromatic carbocycles. The van der Waals surface area contributed by atoms with Crippen molar-refractivity contribution in [3.8, 4) is 28.6 Å². The van der Waals surface area contributed by atoms with E-state index in [1.54, 1.807) is 48.8 Å². The van der Waals surface area contributed by atoms with E-state index in [1.807, 2.05) is 31.2 Å². The lowest BCUT2D eigenvalue weighted by molar-refractivity contribution is -0.116. The Morgan fingerprint density at radius 1 is 0.938 bits per heavy atom. The zero-order chi connectivity index (χ0) is 22.2. The van der Waals surface area contributed by atoms with Crippen molar-refractivity contribution in [2.24, 2.45) is 0 Å². The summed E-state index contributed by atoms with van der Waals surface area (Å²) in [6.45, 7) is 2.56. The average molecular weight is 430 g/mol. The third-order valence-corrected chi connectivity index (χ3v) is 4.48. The van der Waals surface area contributed by atoms with Crippen molar-refractivity contribution >= 4 is 11.6 Å². The van der Waals surface area contributed by atoms with Crippen LogP contribution in [0.4, 0.5) is 5.69 Å². The van der Waals surface area contributed by atoms with Crippen LogP contribution in [-0.2, 0) is 11.2 Å². The Morgan fingerprint density at radius 3 is 2.28 bits per heavy atom. The summed E-state index contributed by atoms with van der Waals surface area (Å²) in [6.07, 6.45) is 3.89. The van der Waals surface area contributed by atoms with Gasteiger partial charge in [-0.05, 0) is 67.6 Å². The van der Waals surface area contributed by atoms with E-state index in [0.29, 0.717) is 41.9 Å². The smallest absolute Gasteiger partial charge is 0.227 e. The molecule has 0 bridgehead atoms. The Kier molecular flexibility index (Phi) is 6.72. The van der Waals surface area contributed by atoms with Gasteiger partial charge in [0.15, 0.2) is 0 Å². The highest BCUT2D eigenvalue weighted by Gasteiger charge is 2.11. The lowest BCUT2D eigenvalue weighted by Crippen LogP contribution is -2.12. The predicted octanol–water partition coefficient (Wildman–Crippen LogP) is 4.89. The first-order valence-electron chi connectivity index (χ1n) is 10.2. The number of anilines is 1. The van der Waals surface area contributed by atoms with Gasteiger partial charge in [0.1, 0.15) is 17.2 Å². The summed E-state index contributed by atoms with van der Waals surface area (Å²) >= 11 is 0. The van der Waals surface area contributed by atoms with Gasteiger partial charge in [-0.2, -0.15) is 4.98 Å². The first-order chi connectivity index (χ1) is 15.7. The van der Waals surface area contributed by atoms with Gasteiger partial charge < -0.3 is 19.3 Å². The summed E-state index contributed by atoms with van der Waals surface area (Å²) in [5.41, 5.74) is 1.49. The standard InChI is InChI=1S/C24H22N4O4/c1-2-30-19-7-9-21(10-8-19)31-20-5-3-18(4-6-20)26-22(29)11-12-23-27-24(28-32-23)17-13-15-25-16-14-17/h3-10,13-16H,2,11-12H2,1H3,(H,26,29). The molecule has 0 atom stereocenters. The Bertz CT molecular complexity index is 1140. The van der Waals surface area contributed by atoms with E-state index in [2.05, 4.69) is 20.4 Å². The molecule has 0 spiro atoms. The predicted molar refractivity (Wildman–Crippen MR) is 119 cm³/mol. The van der Waals surface area contributed by atoms with E-state index in [-0.39, 0.29) is 12.3 Å². The van der Waals surface area contributed by atoms with E-state index in [9.17, 15) is 4.79 Å². The topological polar surface area (TPSA) is 99.4 Å². The molecule has 4 aromatic rings. The number of aryl methyl sites for hydroxylation is 1. The van der Waals surface area contributed by atoms with E-state index >= 15 is 0 Å². The minimum atomic E-state index is -0.145. The maximum atomic E-state index is 12.3. The van der Waals surface area contributed by atoms with E-state index in [1.165, 1.54) is 0 Å². The number of carbonyl (C=O) groups is 1. The molecule has 0 unspecified atom stereocenters. The number of hydrogen-bond acceptors (Lipinski definition) is 7. The summed E-state index contributed by atoms with van der Waals surface area (Å²) in [5, 5.41) is 6.79. The lowest BCUT2D eigenvalue weighted by Gasteiger charge is -2.09. The number of hydrogen-bond donors (Lipinski definition) is 1. The van der Waals surface area contributed by atoms with Crippen molar-refractivity contribution < 1.29 is 18.8 Å². The van der Waals surface area contributed by atoms with Crippen molar-refractivity contribution in [3.05, 3.63) is 78.9 Å². The molecule has 0 saturated heterocycles. The van der Waals surface area contributed by atoms with E-state index in [4.69, 9.17) is 14.0 Å². The van der Waals surface area contributed by atoms with Crippen LogP contribution in [0.2, 0.25) is 0 Å². The lowest BCUT2D eigenvalue weighted by atomic mass is 10.2. The molecule has 0 aliphatic heterocycles. The molecular formula is C24H22N4O4. The van der Waals surface area contributed by atoms with Crippen LogP contribution < -0.4 is 14.8 Å². The van der Waals surface area contributed by atoms with Crippen molar-refractivity contribution in [3.63, 3.8) is 0 Å². The molecule has 0 fully saturated rings. The number of amides is 1. The van der Waals surface area contributed by atoms with Gasteiger partial charge in [0.05, 0.1) is 6.61 Å². The summed E-state index contributed by atoms with van der Waals surface area (Å²) in [4.78, 5) is 20.5. The minimum Gasteiger partial charge on any atom is -0.494 e. The molecule has 4 rings (SSSR count). The molecule has 8 heteroatoms. The summed E-state index contributed by atoms with van der Waals surface area (Å²) < 4.78 is 16.5. The summed E-state index contributed by atoms with van der Waals surface area (Å²) in [6, 6.07) is 18.2. The monoisotopic (exact) mass is 430 g/mol. The number of benzene rings is 2. The van der Waals surface area contributed by atoms with Crippen LogP contribution in [0.1, 0.15) is 19.2 Å². The quantitative estimate of drug-likeness (QED) is 0.403. The average Bonchev–Trinajstić information content (AvgIpc) is 3.30. The van der Waals surface area contributed by atoms with Gasteiger partial charge in [-0.15, -0.1) is 0 Å². The Morgan fingerprint density at radius 2 is 1.59 bits per heavy atom. The van der Waals surface area contributed by atoms with Crippen molar-refractivity contribution in [1.29, 1.82) is 0 Å². The van der Waals surface area contributed by atoms with Gasteiger partial charge in [-0.1, -0.05) is 5.16 Å². The maximum absolute atomic E-state index is 12.3. The maximum Gasteiger partial charge on any atom is 0.227 e. The molecule has 32 heavy (non-hydrogen) atoms. The highest BCUT2D eigenvalue weighted by atomic mass is 16.5. The fourth-order valence-corrected chi connectivity index (χ4v) is 2.93. The molecule has 162 valence electrons. The molecular weight excluding hydrogens is 408 g/mol. The third-order valence-electron chi connectivity index (χ3n) is 4.48. The van der Waals surface area contributed by atoms with Crippen LogP contribution in [-0.4, -0.2) is 27.6 Å². The second kappa shape index (κ2) is 10.2. The minimum absolute atomic E-state index is 0.145. The van der Waals surface area contributed by atoms with Crippen LogP contribution in [0.3, 0.4) is 0 Å². The highest BCUT2D eigenvalue weighted by Crippen LogP contribution is 2.25. The van der Waals surface area contributed by atoms with Crippen molar-refractivity contribution in [2.75, 3.05) is 11.9 Å². The summed E-state index contributed by atoms with van der Waals surface area (Å²) in [7, 11) is 0. The fourth-order valence-electron chi connectivity index (χ4n) is 2.93. The van der Waals surface area contributed by atoms with Gasteiger partial charge in [-0.3, -0.25) is 9.78 Å². The van der Waals surface area contributed by atoms with Crippen molar-refractivity contribution in [1.82, 2.24) is 15.1 Å². The van der Waals surface area contributed by atoms with Gasteiger partial charge in [0.25, 0.3) is 0 Å². The number of ether oxygens (including phenoxy) is 2. The number of nitrogens with one attached hydrogen (secondary N) is 1. The van der Waals surface area contributed by atoms with Gasteiger partial charge in [-0.25, -0.2) is 0 Å². The van der Waals surface area contributed by atoms with Gasteiger partial charge in [0.2, 0.25) is 17.6 Å². The normalized spacial score (nSPS) is 10.5. The van der Waals surface area contributed by atoms with E-state index < -0.39 is 0 Å². The first kappa shape index (κ1) is 21.0. The first-order valence-corrected chi connectivity index (χ1v) is 10.2. The molecule has 0 saturated carbocycles. The zero-order valence-electron chi connectivity index (χ0n) is 17.5. The number of aromatic nitrogens is 3. The molecule has 0 radical (unpaired) electrons. The van der Waals surface area contributed by atoms with Crippen LogP contribution in [0.25, 0.3) is 11.4 Å². The Labute approximate surface area is 185 Å². The number of carbonyl (C=O) groups excluding carboxylic acids is 1. The third kappa shape index (κ3) is 5.69. The molecule has 1 N–H and O–H groups in total. The largest absolute Gasteiger partial charge is 0.494 e. The number of pyridine rings is 1. The molecule has 2 heterocycles. The van der Waals surface area contributed by atoms with E-state index in [0.717, 1.165) is 11.3 Å². The SMILES string of the molecule is CCOc1ccc(Oc2ccc(NC(=O)CCc3nc(-c4ccncc4)no3)cc2)cc1. The van der Waals surface area contributed by atoms with Crippen LogP contribution >= 0.6 is 0 Å². The van der Waals surface area contributed by atoms with Crippen LogP contribution in [0, 0.1) is 0 Å². The second-order valence-corrected chi connectivity index (χ2v) is 6.83. The Hall–Kier alpha value is -4.20. The highest BCUT2D eigenvalue weighted by molar-refractivity contribution is 5.90. The molecule has 8 nitrogen and oxygen atoms in total. The zero-order valence-corrected chi connectivity index (χ0v) is 17.5. The molecule has 2 aromatic heterocycles. The molecule has 0 aliphatic carbocycles. The van der Waals surface area contributed by atoms with Gasteiger partial charge in [0, 0.05) is 36.5 Å². The number of rotatable bonds is 9. The van der Waals surface area contributed by atoms with Gasteiger partial charge >= 0.3 is 0 Å². The van der Waals surface area contributed by atoms with Crippen molar-refractivity contribution in [2.45, 2.75) is 19.8 Å².